The average molecular weight is 357 g/mol. The lowest BCUT2D eigenvalue weighted by Crippen LogP contribution is -2.38. The number of piperidine rings is 1. The van der Waals surface area contributed by atoms with Crippen molar-refractivity contribution >= 4 is 11.8 Å². The summed E-state index contributed by atoms with van der Waals surface area (Å²) in [4.78, 5) is 26.6. The number of imidazole rings is 1. The molecule has 2 aliphatic heterocycles. The molecule has 138 valence electrons. The highest BCUT2D eigenvalue weighted by Gasteiger charge is 2.36. The first-order chi connectivity index (χ1) is 12.6. The van der Waals surface area contributed by atoms with Crippen molar-refractivity contribution in [3.8, 4) is 5.82 Å². The van der Waals surface area contributed by atoms with Crippen LogP contribution in [0.2, 0.25) is 0 Å². The summed E-state index contributed by atoms with van der Waals surface area (Å²) in [5, 5.41) is 9.09. The zero-order valence-electron chi connectivity index (χ0n) is 14.8. The number of aliphatic carboxylic acids is 1. The van der Waals surface area contributed by atoms with Crippen molar-refractivity contribution in [3.05, 3.63) is 30.6 Å². The lowest BCUT2D eigenvalue weighted by molar-refractivity contribution is -0.150. The zero-order valence-corrected chi connectivity index (χ0v) is 14.8. The minimum absolute atomic E-state index is 0.0734. The van der Waals surface area contributed by atoms with Gasteiger partial charge in [0.05, 0.1) is 18.5 Å². The molecule has 2 fully saturated rings. The highest BCUT2D eigenvalue weighted by Crippen LogP contribution is 2.32. The van der Waals surface area contributed by atoms with Crippen molar-refractivity contribution in [2.45, 2.75) is 44.8 Å². The number of ether oxygens (including phenoxy) is 1. The first-order valence-electron chi connectivity index (χ1n) is 9.07. The van der Waals surface area contributed by atoms with E-state index in [-0.39, 0.29) is 6.10 Å². The van der Waals surface area contributed by atoms with Gasteiger partial charge in [0.2, 0.25) is 0 Å². The molecule has 0 aliphatic carbocycles. The molecule has 2 aliphatic rings. The molecule has 2 aromatic rings. The molecule has 0 amide bonds. The van der Waals surface area contributed by atoms with Crippen molar-refractivity contribution in [2.24, 2.45) is 5.92 Å². The Kier molecular flexibility index (Phi) is 4.58. The van der Waals surface area contributed by atoms with Gasteiger partial charge in [-0.3, -0.25) is 9.55 Å². The zero-order chi connectivity index (χ0) is 18.1. The molecule has 0 aromatic carbocycles. The minimum atomic E-state index is -0.841. The fraction of sp³-hybridized carbons (Fsp3) is 0.556. The highest BCUT2D eigenvalue weighted by atomic mass is 16.5. The first kappa shape index (κ1) is 17.0. The molecule has 0 saturated carbocycles. The summed E-state index contributed by atoms with van der Waals surface area (Å²) in [5.74, 6) is 2.09. The second kappa shape index (κ2) is 7.03. The van der Waals surface area contributed by atoms with E-state index in [0.717, 1.165) is 49.8 Å². The van der Waals surface area contributed by atoms with Crippen LogP contribution in [0, 0.1) is 12.8 Å². The van der Waals surface area contributed by atoms with Gasteiger partial charge in [-0.15, -0.1) is 0 Å². The maximum Gasteiger partial charge on any atom is 0.332 e. The largest absolute Gasteiger partial charge is 0.479 e. The van der Waals surface area contributed by atoms with Gasteiger partial charge >= 0.3 is 5.97 Å². The average Bonchev–Trinajstić information content (AvgIpc) is 3.31. The van der Waals surface area contributed by atoms with Crippen LogP contribution in [0.3, 0.4) is 0 Å². The van der Waals surface area contributed by atoms with Crippen molar-refractivity contribution < 1.29 is 14.6 Å². The minimum Gasteiger partial charge on any atom is -0.479 e. The number of hydrogen-bond acceptors (Lipinski definition) is 6. The number of aryl methyl sites for hydroxylation is 1. The van der Waals surface area contributed by atoms with E-state index in [1.54, 1.807) is 18.6 Å². The van der Waals surface area contributed by atoms with E-state index in [9.17, 15) is 4.79 Å². The van der Waals surface area contributed by atoms with Crippen LogP contribution < -0.4 is 4.90 Å². The Labute approximate surface area is 151 Å². The van der Waals surface area contributed by atoms with Crippen LogP contribution in [-0.2, 0) is 9.53 Å². The fourth-order valence-electron chi connectivity index (χ4n) is 3.93. The van der Waals surface area contributed by atoms with Crippen molar-refractivity contribution in [1.82, 2.24) is 19.5 Å². The van der Waals surface area contributed by atoms with Gasteiger partial charge in [0, 0.05) is 25.5 Å². The van der Waals surface area contributed by atoms with E-state index >= 15 is 0 Å². The monoisotopic (exact) mass is 357 g/mol. The number of carboxylic acids is 1. The number of nitrogens with zero attached hydrogens (tertiary/aromatic N) is 5. The molecule has 2 atom stereocenters. The standard InChI is InChI=1S/C18H23N5O3/c1-12-20-6-9-23(12)17-11-19-10-16(21-17)22-7-4-13(5-8-22)14-2-3-15(26-14)18(24)25/h6,9-11,13-15H,2-5,7-8H2,1H3,(H,24,25)/t14-,15+/m0/s1. The molecule has 26 heavy (non-hydrogen) atoms. The molecule has 0 unspecified atom stereocenters. The van der Waals surface area contributed by atoms with Crippen molar-refractivity contribution in [2.75, 3.05) is 18.0 Å². The first-order valence-corrected chi connectivity index (χ1v) is 9.07. The molecule has 2 saturated heterocycles. The van der Waals surface area contributed by atoms with Crippen LogP contribution in [-0.4, -0.2) is 55.9 Å². The SMILES string of the molecule is Cc1nccn1-c1cncc(N2CCC([C@@H]3CC[C@H](C(=O)O)O3)CC2)n1. The molecule has 8 nitrogen and oxygen atoms in total. The Morgan fingerprint density at radius 1 is 1.19 bits per heavy atom. The van der Waals surface area contributed by atoms with Gasteiger partial charge < -0.3 is 14.7 Å². The van der Waals surface area contributed by atoms with Gasteiger partial charge in [-0.1, -0.05) is 0 Å². The Morgan fingerprint density at radius 2 is 1.96 bits per heavy atom. The summed E-state index contributed by atoms with van der Waals surface area (Å²) >= 11 is 0. The smallest absolute Gasteiger partial charge is 0.332 e. The summed E-state index contributed by atoms with van der Waals surface area (Å²) in [6, 6.07) is 0. The number of aromatic nitrogens is 4. The Morgan fingerprint density at radius 3 is 2.62 bits per heavy atom. The van der Waals surface area contributed by atoms with Gasteiger partial charge in [-0.05, 0) is 38.5 Å². The van der Waals surface area contributed by atoms with Crippen LogP contribution in [0.25, 0.3) is 5.82 Å². The second-order valence-electron chi connectivity index (χ2n) is 6.98. The lowest BCUT2D eigenvalue weighted by atomic mass is 9.90. The van der Waals surface area contributed by atoms with Crippen LogP contribution in [0.4, 0.5) is 5.82 Å². The van der Waals surface area contributed by atoms with Gasteiger partial charge in [-0.25, -0.2) is 14.8 Å². The molecular formula is C18H23N5O3. The third kappa shape index (κ3) is 3.29. The Hall–Kier alpha value is -2.48. The highest BCUT2D eigenvalue weighted by molar-refractivity contribution is 5.72. The molecule has 4 heterocycles. The lowest BCUT2D eigenvalue weighted by Gasteiger charge is -2.35. The molecule has 8 heteroatoms. The van der Waals surface area contributed by atoms with Crippen LogP contribution in [0.15, 0.2) is 24.8 Å². The van der Waals surface area contributed by atoms with E-state index in [0.29, 0.717) is 12.3 Å². The predicted octanol–water partition coefficient (Wildman–Crippen LogP) is 1.82. The van der Waals surface area contributed by atoms with E-state index in [2.05, 4.69) is 14.9 Å². The van der Waals surface area contributed by atoms with E-state index in [4.69, 9.17) is 14.8 Å². The molecular weight excluding hydrogens is 334 g/mol. The molecule has 0 spiro atoms. The maximum absolute atomic E-state index is 11.1. The van der Waals surface area contributed by atoms with Gasteiger partial charge in [0.25, 0.3) is 0 Å². The summed E-state index contributed by atoms with van der Waals surface area (Å²) in [6.45, 7) is 3.69. The summed E-state index contributed by atoms with van der Waals surface area (Å²) < 4.78 is 7.65. The number of hydrogen-bond donors (Lipinski definition) is 1. The van der Waals surface area contributed by atoms with E-state index in [1.807, 2.05) is 17.7 Å². The maximum atomic E-state index is 11.1. The second-order valence-corrected chi connectivity index (χ2v) is 6.98. The van der Waals surface area contributed by atoms with Crippen LogP contribution >= 0.6 is 0 Å². The Balaban J connectivity index is 1.40. The van der Waals surface area contributed by atoms with Crippen LogP contribution in [0.5, 0.6) is 0 Å². The quantitative estimate of drug-likeness (QED) is 0.892. The van der Waals surface area contributed by atoms with Gasteiger partial charge in [0.1, 0.15) is 11.6 Å². The van der Waals surface area contributed by atoms with Gasteiger partial charge in [-0.2, -0.15) is 0 Å². The van der Waals surface area contributed by atoms with Gasteiger partial charge in [0.15, 0.2) is 11.9 Å². The number of carboxylic acid groups (broad SMARTS) is 1. The topological polar surface area (TPSA) is 93.4 Å². The molecule has 4 rings (SSSR count). The summed E-state index contributed by atoms with van der Waals surface area (Å²) in [6.07, 6.45) is 10.0. The Bertz CT molecular complexity index is 785. The van der Waals surface area contributed by atoms with Crippen LogP contribution in [0.1, 0.15) is 31.5 Å². The normalized spacial score (nSPS) is 24.1. The van der Waals surface area contributed by atoms with Crippen molar-refractivity contribution in [1.29, 1.82) is 0 Å². The van der Waals surface area contributed by atoms with E-state index < -0.39 is 12.1 Å². The third-order valence-corrected chi connectivity index (χ3v) is 5.40. The number of carbonyl (C=O) groups is 1. The number of rotatable bonds is 4. The number of anilines is 1. The molecule has 0 radical (unpaired) electrons. The molecule has 1 N–H and O–H groups in total. The van der Waals surface area contributed by atoms with E-state index in [1.165, 1.54) is 0 Å². The van der Waals surface area contributed by atoms with Crippen molar-refractivity contribution in [3.63, 3.8) is 0 Å². The third-order valence-electron chi connectivity index (χ3n) is 5.40. The predicted molar refractivity (Wildman–Crippen MR) is 94.4 cm³/mol. The fourth-order valence-corrected chi connectivity index (χ4v) is 3.93. The molecule has 2 aromatic heterocycles. The summed E-state index contributed by atoms with van der Waals surface area (Å²) in [7, 11) is 0. The molecule has 0 bridgehead atoms. The summed E-state index contributed by atoms with van der Waals surface area (Å²) in [5.41, 5.74) is 0.